The second-order valence-electron chi connectivity index (χ2n) is 3.71. The van der Waals surface area contributed by atoms with E-state index in [9.17, 15) is 0 Å². The maximum atomic E-state index is 2.72. The van der Waals surface area contributed by atoms with E-state index in [0.717, 1.165) is 0 Å². The van der Waals surface area contributed by atoms with Crippen LogP contribution in [0.25, 0.3) is 0 Å². The van der Waals surface area contributed by atoms with Crippen molar-refractivity contribution in [2.24, 2.45) is 0 Å². The van der Waals surface area contributed by atoms with Crippen LogP contribution in [0.3, 0.4) is 0 Å². The highest BCUT2D eigenvalue weighted by molar-refractivity contribution is 7.18. The van der Waals surface area contributed by atoms with Gasteiger partial charge in [-0.3, -0.25) is 0 Å². The van der Waals surface area contributed by atoms with Gasteiger partial charge in [0.1, 0.15) is 0 Å². The maximum Gasteiger partial charge on any atom is -0.0140 e. The Kier molecular flexibility index (Phi) is 21.1. The van der Waals surface area contributed by atoms with E-state index in [0.29, 0.717) is 5.16 Å². The predicted molar refractivity (Wildman–Crippen MR) is 56.3 cm³/mol. The molecule has 0 aromatic heterocycles. The van der Waals surface area contributed by atoms with E-state index in [-0.39, 0.29) is 11.0 Å². The SMILES string of the molecule is CC(C)(C)P.CN(C)C.O.O. The first kappa shape index (κ1) is 22.5. The molecule has 1 unspecified atom stereocenters. The van der Waals surface area contributed by atoms with Crippen LogP contribution in [-0.4, -0.2) is 42.2 Å². The summed E-state index contributed by atoms with van der Waals surface area (Å²) in [5, 5.41) is 0.417. The molecule has 0 aliphatic carbocycles. The van der Waals surface area contributed by atoms with Crippen molar-refractivity contribution in [2.75, 3.05) is 21.1 Å². The summed E-state index contributed by atoms with van der Waals surface area (Å²) in [6.45, 7) is 6.45. The molecule has 0 heterocycles. The van der Waals surface area contributed by atoms with E-state index in [1.807, 2.05) is 26.0 Å². The van der Waals surface area contributed by atoms with Gasteiger partial charge in [-0.25, -0.2) is 0 Å². The van der Waals surface area contributed by atoms with Gasteiger partial charge in [-0.1, -0.05) is 20.8 Å². The fourth-order valence-electron chi connectivity index (χ4n) is 0. The van der Waals surface area contributed by atoms with E-state index in [1.165, 1.54) is 0 Å². The molecule has 0 aliphatic heterocycles. The quantitative estimate of drug-likeness (QED) is 0.497. The van der Waals surface area contributed by atoms with Crippen molar-refractivity contribution in [2.45, 2.75) is 25.9 Å². The van der Waals surface area contributed by atoms with Gasteiger partial charge in [0.25, 0.3) is 0 Å². The maximum absolute atomic E-state index is 2.72. The Balaban J connectivity index is -0.0000000383. The summed E-state index contributed by atoms with van der Waals surface area (Å²) >= 11 is 0. The summed E-state index contributed by atoms with van der Waals surface area (Å²) in [4.78, 5) is 2.00. The second kappa shape index (κ2) is 10.3. The van der Waals surface area contributed by atoms with Gasteiger partial charge in [0.2, 0.25) is 0 Å². The van der Waals surface area contributed by atoms with Crippen molar-refractivity contribution < 1.29 is 11.0 Å². The van der Waals surface area contributed by atoms with Crippen LogP contribution in [0.2, 0.25) is 0 Å². The third-order valence-corrected chi connectivity index (χ3v) is 0. The van der Waals surface area contributed by atoms with E-state index < -0.39 is 0 Å². The molecule has 0 aliphatic rings. The minimum Gasteiger partial charge on any atom is -0.412 e. The van der Waals surface area contributed by atoms with Crippen LogP contribution >= 0.6 is 9.24 Å². The normalized spacial score (nSPS) is 8.73. The lowest BCUT2D eigenvalue weighted by atomic mass is 10.3. The van der Waals surface area contributed by atoms with Crippen LogP contribution in [-0.2, 0) is 0 Å². The topological polar surface area (TPSA) is 66.2 Å². The standard InChI is InChI=1S/C4H11P.C3H9N.2H2O/c1-4(2,3)5;1-4(2)3;;/h5H2,1-3H3;1-3H3;2*1H2. The summed E-state index contributed by atoms with van der Waals surface area (Å²) in [5.74, 6) is 0. The first-order valence-electron chi connectivity index (χ1n) is 3.13. The largest absolute Gasteiger partial charge is 0.412 e. The zero-order valence-electron chi connectivity index (χ0n) is 8.52. The monoisotopic (exact) mass is 185 g/mol. The highest BCUT2D eigenvalue weighted by atomic mass is 31.0. The fourth-order valence-corrected chi connectivity index (χ4v) is 0. The smallest absolute Gasteiger partial charge is 0.0140 e. The molecule has 74 valence electrons. The molecule has 0 rings (SSSR count). The third kappa shape index (κ3) is 7410. The molecule has 11 heavy (non-hydrogen) atoms. The van der Waals surface area contributed by atoms with Crippen LogP contribution in [0.4, 0.5) is 0 Å². The lowest BCUT2D eigenvalue weighted by molar-refractivity contribution is 0.505. The Morgan fingerprint density at radius 2 is 0.909 bits per heavy atom. The Labute approximate surface area is 73.0 Å². The lowest BCUT2D eigenvalue weighted by Gasteiger charge is -2.05. The van der Waals surface area contributed by atoms with Crippen molar-refractivity contribution in [1.29, 1.82) is 0 Å². The molecule has 3 nitrogen and oxygen atoms in total. The summed E-state index contributed by atoms with van der Waals surface area (Å²) < 4.78 is 0. The van der Waals surface area contributed by atoms with Crippen LogP contribution in [0.5, 0.6) is 0 Å². The van der Waals surface area contributed by atoms with E-state index in [1.54, 1.807) is 0 Å². The summed E-state index contributed by atoms with van der Waals surface area (Å²) in [6.07, 6.45) is 0. The van der Waals surface area contributed by atoms with Gasteiger partial charge in [0.15, 0.2) is 0 Å². The number of rotatable bonds is 0. The van der Waals surface area contributed by atoms with E-state index in [4.69, 9.17) is 0 Å². The first-order chi connectivity index (χ1) is 3.73. The highest BCUT2D eigenvalue weighted by Gasteiger charge is 1.95. The summed E-state index contributed by atoms with van der Waals surface area (Å²) in [6, 6.07) is 0. The van der Waals surface area contributed by atoms with Crippen molar-refractivity contribution in [1.82, 2.24) is 4.90 Å². The van der Waals surface area contributed by atoms with Gasteiger partial charge in [-0.05, 0) is 26.3 Å². The number of nitrogens with zero attached hydrogens (tertiary/aromatic N) is 1. The van der Waals surface area contributed by atoms with Gasteiger partial charge in [0.05, 0.1) is 0 Å². The second-order valence-corrected chi connectivity index (χ2v) is 5.44. The van der Waals surface area contributed by atoms with Crippen molar-refractivity contribution in [3.63, 3.8) is 0 Å². The van der Waals surface area contributed by atoms with Crippen LogP contribution in [0, 0.1) is 0 Å². The first-order valence-corrected chi connectivity index (χ1v) is 3.71. The van der Waals surface area contributed by atoms with E-state index in [2.05, 4.69) is 30.0 Å². The molecule has 0 spiro atoms. The molecule has 4 heteroatoms. The molecule has 0 bridgehead atoms. The molecule has 0 aromatic carbocycles. The summed E-state index contributed by atoms with van der Waals surface area (Å²) in [5.41, 5.74) is 0. The van der Waals surface area contributed by atoms with Crippen molar-refractivity contribution >= 4 is 9.24 Å². The Hall–Kier alpha value is 0.310. The highest BCUT2D eigenvalue weighted by Crippen LogP contribution is 2.12. The van der Waals surface area contributed by atoms with Gasteiger partial charge in [0, 0.05) is 0 Å². The van der Waals surface area contributed by atoms with Crippen LogP contribution < -0.4 is 0 Å². The van der Waals surface area contributed by atoms with Gasteiger partial charge < -0.3 is 15.9 Å². The average molecular weight is 185 g/mol. The molecular formula is C7H24NO2P. The Morgan fingerprint density at radius 1 is 0.909 bits per heavy atom. The molecule has 0 saturated carbocycles. The average Bonchev–Trinajstić information content (AvgIpc) is 1.19. The molecule has 1 atom stereocenters. The molecule has 0 fully saturated rings. The predicted octanol–water partition coefficient (Wildman–Crippen LogP) is 0.188. The minimum atomic E-state index is 0. The zero-order valence-corrected chi connectivity index (χ0v) is 9.68. The van der Waals surface area contributed by atoms with Crippen molar-refractivity contribution in [3.8, 4) is 0 Å². The lowest BCUT2D eigenvalue weighted by Crippen LogP contribution is -1.99. The van der Waals surface area contributed by atoms with Crippen LogP contribution in [0.1, 0.15) is 20.8 Å². The van der Waals surface area contributed by atoms with Crippen LogP contribution in [0.15, 0.2) is 0 Å². The Bertz CT molecular complexity index is 53.2. The molecule has 0 saturated heterocycles. The zero-order chi connectivity index (χ0) is 8.08. The molecule has 0 aromatic rings. The minimum absolute atomic E-state index is 0. The number of hydrogen-bond donors (Lipinski definition) is 0. The van der Waals surface area contributed by atoms with E-state index >= 15 is 0 Å². The molecular weight excluding hydrogens is 161 g/mol. The Morgan fingerprint density at radius 3 is 0.909 bits per heavy atom. The molecule has 0 radical (unpaired) electrons. The number of hydrogen-bond acceptors (Lipinski definition) is 1. The van der Waals surface area contributed by atoms with Gasteiger partial charge in [-0.15, -0.1) is 9.24 Å². The third-order valence-electron chi connectivity index (χ3n) is 0. The van der Waals surface area contributed by atoms with Gasteiger partial charge >= 0.3 is 0 Å². The van der Waals surface area contributed by atoms with Gasteiger partial charge in [-0.2, -0.15) is 0 Å². The molecule has 0 amide bonds. The molecule has 4 N–H and O–H groups in total. The summed E-state index contributed by atoms with van der Waals surface area (Å²) in [7, 11) is 8.72. The van der Waals surface area contributed by atoms with Crippen molar-refractivity contribution in [3.05, 3.63) is 0 Å². The fraction of sp³-hybridized carbons (Fsp3) is 1.00.